The molecule has 0 spiro atoms. The van der Waals surface area contributed by atoms with E-state index in [0.29, 0.717) is 55.4 Å². The Bertz CT molecular complexity index is 1410. The lowest BCUT2D eigenvalue weighted by atomic mass is 10.0. The number of fused-ring (bicyclic) bond motifs is 1. The van der Waals surface area contributed by atoms with Crippen LogP contribution in [0.3, 0.4) is 0 Å². The van der Waals surface area contributed by atoms with Crippen molar-refractivity contribution in [2.45, 2.75) is 17.7 Å². The normalized spacial score (nSPS) is 15.9. The maximum atomic E-state index is 13.5. The number of hydrogen-bond donors (Lipinski definition) is 0. The molecule has 2 aromatic carbocycles. The molecule has 2 aliphatic rings. The molecule has 0 atom stereocenters. The molecule has 0 unspecified atom stereocenters. The van der Waals surface area contributed by atoms with Crippen molar-refractivity contribution in [3.8, 4) is 6.07 Å². The molecule has 0 saturated carbocycles. The van der Waals surface area contributed by atoms with Crippen molar-refractivity contribution in [1.29, 1.82) is 5.26 Å². The third-order valence-corrected chi connectivity index (χ3v) is 8.32. The van der Waals surface area contributed by atoms with Gasteiger partial charge in [-0.25, -0.2) is 13.4 Å². The SMILES string of the molecule is N#Cc1cccnc1N1CCN(C(=O)c2cccc(S(=O)(=O)N3CCCc4ccccc43)c2)CC1. The van der Waals surface area contributed by atoms with Gasteiger partial charge >= 0.3 is 0 Å². The van der Waals surface area contributed by atoms with E-state index in [4.69, 9.17) is 0 Å². The first-order valence-electron chi connectivity index (χ1n) is 11.6. The summed E-state index contributed by atoms with van der Waals surface area (Å²) in [5, 5.41) is 9.34. The summed E-state index contributed by atoms with van der Waals surface area (Å²) in [5.74, 6) is 0.416. The molecule has 178 valence electrons. The number of aromatic nitrogens is 1. The van der Waals surface area contributed by atoms with Crippen LogP contribution in [-0.4, -0.2) is 56.9 Å². The molecule has 0 N–H and O–H groups in total. The fraction of sp³-hybridized carbons (Fsp3) is 0.269. The van der Waals surface area contributed by atoms with Gasteiger partial charge in [0.2, 0.25) is 0 Å². The molecule has 8 nitrogen and oxygen atoms in total. The van der Waals surface area contributed by atoms with Crippen molar-refractivity contribution >= 4 is 27.4 Å². The smallest absolute Gasteiger partial charge is 0.264 e. The molecule has 0 radical (unpaired) electrons. The maximum absolute atomic E-state index is 13.5. The number of hydrogen-bond acceptors (Lipinski definition) is 6. The highest BCUT2D eigenvalue weighted by atomic mass is 32.2. The van der Waals surface area contributed by atoms with Gasteiger partial charge in [0.25, 0.3) is 15.9 Å². The molecule has 1 aromatic heterocycles. The fourth-order valence-corrected chi connectivity index (χ4v) is 6.29. The van der Waals surface area contributed by atoms with E-state index in [9.17, 15) is 18.5 Å². The molecule has 2 aliphatic heterocycles. The Hall–Kier alpha value is -3.90. The second-order valence-electron chi connectivity index (χ2n) is 8.60. The molecule has 9 heteroatoms. The fourth-order valence-electron chi connectivity index (χ4n) is 4.71. The van der Waals surface area contributed by atoms with E-state index in [2.05, 4.69) is 11.1 Å². The van der Waals surface area contributed by atoms with Gasteiger partial charge in [0, 0.05) is 44.5 Å². The summed E-state index contributed by atoms with van der Waals surface area (Å²) in [6.07, 6.45) is 3.25. The predicted molar refractivity (Wildman–Crippen MR) is 133 cm³/mol. The van der Waals surface area contributed by atoms with Gasteiger partial charge in [-0.05, 0) is 54.8 Å². The van der Waals surface area contributed by atoms with Crippen LogP contribution in [-0.2, 0) is 16.4 Å². The van der Waals surface area contributed by atoms with Crippen molar-refractivity contribution in [1.82, 2.24) is 9.88 Å². The first kappa shape index (κ1) is 22.9. The third kappa shape index (κ3) is 4.33. The summed E-state index contributed by atoms with van der Waals surface area (Å²) in [6.45, 7) is 2.41. The molecule has 0 aliphatic carbocycles. The number of nitriles is 1. The number of sulfonamides is 1. The van der Waals surface area contributed by atoms with Crippen LogP contribution in [0, 0.1) is 11.3 Å². The molecule has 5 rings (SSSR count). The second-order valence-corrected chi connectivity index (χ2v) is 10.5. The first-order chi connectivity index (χ1) is 17.0. The first-order valence-corrected chi connectivity index (χ1v) is 13.0. The lowest BCUT2D eigenvalue weighted by molar-refractivity contribution is 0.0746. The summed E-state index contributed by atoms with van der Waals surface area (Å²) in [7, 11) is -3.80. The van der Waals surface area contributed by atoms with Crippen LogP contribution in [0.1, 0.15) is 27.9 Å². The molecule has 1 saturated heterocycles. The Morgan fingerprint density at radius 3 is 2.54 bits per heavy atom. The number of carbonyl (C=O) groups is 1. The van der Waals surface area contributed by atoms with Crippen LogP contribution in [0.25, 0.3) is 0 Å². The van der Waals surface area contributed by atoms with Crippen LogP contribution in [0.5, 0.6) is 0 Å². The molecule has 3 aromatic rings. The predicted octanol–water partition coefficient (Wildman–Crippen LogP) is 3.06. The maximum Gasteiger partial charge on any atom is 0.264 e. The van der Waals surface area contributed by atoms with Gasteiger partial charge in [-0.3, -0.25) is 9.10 Å². The quantitative estimate of drug-likeness (QED) is 0.561. The number of aryl methyl sites for hydroxylation is 1. The van der Waals surface area contributed by atoms with E-state index in [1.165, 1.54) is 10.4 Å². The number of carbonyl (C=O) groups excluding carboxylic acids is 1. The number of anilines is 2. The number of nitrogens with zero attached hydrogens (tertiary/aromatic N) is 5. The van der Waals surface area contributed by atoms with Gasteiger partial charge in [-0.1, -0.05) is 24.3 Å². The Morgan fingerprint density at radius 1 is 0.943 bits per heavy atom. The highest BCUT2D eigenvalue weighted by Crippen LogP contribution is 2.32. The van der Waals surface area contributed by atoms with E-state index in [1.807, 2.05) is 29.2 Å². The van der Waals surface area contributed by atoms with Gasteiger partial charge in [0.05, 0.1) is 16.1 Å². The molecule has 1 amide bonds. The summed E-state index contributed by atoms with van der Waals surface area (Å²) in [5.41, 5.74) is 2.57. The van der Waals surface area contributed by atoms with Crippen LogP contribution >= 0.6 is 0 Å². The lowest BCUT2D eigenvalue weighted by Gasteiger charge is -2.35. The zero-order chi connectivity index (χ0) is 24.4. The highest BCUT2D eigenvalue weighted by Gasteiger charge is 2.30. The number of rotatable bonds is 4. The molecule has 3 heterocycles. The zero-order valence-corrected chi connectivity index (χ0v) is 20.0. The van der Waals surface area contributed by atoms with Gasteiger partial charge < -0.3 is 9.80 Å². The lowest BCUT2D eigenvalue weighted by Crippen LogP contribution is -2.49. The number of pyridine rings is 1. The Morgan fingerprint density at radius 2 is 1.74 bits per heavy atom. The minimum atomic E-state index is -3.80. The monoisotopic (exact) mass is 487 g/mol. The van der Waals surface area contributed by atoms with Crippen LogP contribution in [0.4, 0.5) is 11.5 Å². The summed E-state index contributed by atoms with van der Waals surface area (Å²) < 4.78 is 28.5. The molecule has 0 bridgehead atoms. The van der Waals surface area contributed by atoms with Crippen LogP contribution < -0.4 is 9.21 Å². The van der Waals surface area contributed by atoms with Gasteiger partial charge in [-0.15, -0.1) is 0 Å². The van der Waals surface area contributed by atoms with Crippen LogP contribution in [0.2, 0.25) is 0 Å². The number of piperazine rings is 1. The number of para-hydroxylation sites is 1. The largest absolute Gasteiger partial charge is 0.352 e. The Kier molecular flexibility index (Phi) is 6.14. The van der Waals surface area contributed by atoms with Crippen LogP contribution in [0.15, 0.2) is 71.8 Å². The van der Waals surface area contributed by atoms with Gasteiger partial charge in [0.15, 0.2) is 0 Å². The number of benzene rings is 2. The second kappa shape index (κ2) is 9.39. The molecule has 35 heavy (non-hydrogen) atoms. The highest BCUT2D eigenvalue weighted by molar-refractivity contribution is 7.92. The number of amides is 1. The summed E-state index contributed by atoms with van der Waals surface area (Å²) in [4.78, 5) is 21.4. The zero-order valence-electron chi connectivity index (χ0n) is 19.2. The standard InChI is InChI=1S/C26H25N5O3S/c27-19-22-8-4-12-28-25(22)29-14-16-30(17-15-29)26(32)21-7-3-10-23(18-21)35(33,34)31-13-5-9-20-6-1-2-11-24(20)31/h1-4,6-8,10-12,18H,5,9,13-17H2. The average Bonchev–Trinajstić information content (AvgIpc) is 2.92. The van der Waals surface area contributed by atoms with Crippen molar-refractivity contribution in [3.05, 3.63) is 83.6 Å². The molecule has 1 fully saturated rings. The average molecular weight is 488 g/mol. The van der Waals surface area contributed by atoms with Crippen molar-refractivity contribution in [2.24, 2.45) is 0 Å². The van der Waals surface area contributed by atoms with Crippen molar-refractivity contribution < 1.29 is 13.2 Å². The van der Waals surface area contributed by atoms with Crippen molar-refractivity contribution in [3.63, 3.8) is 0 Å². The summed E-state index contributed by atoms with van der Waals surface area (Å²) in [6, 6.07) is 19.5. The Balaban J connectivity index is 1.33. The van der Waals surface area contributed by atoms with E-state index in [1.54, 1.807) is 41.4 Å². The van der Waals surface area contributed by atoms with E-state index >= 15 is 0 Å². The third-order valence-electron chi connectivity index (χ3n) is 6.51. The van der Waals surface area contributed by atoms with E-state index in [0.717, 1.165) is 18.4 Å². The topological polar surface area (TPSA) is 97.6 Å². The minimum Gasteiger partial charge on any atom is -0.352 e. The summed E-state index contributed by atoms with van der Waals surface area (Å²) >= 11 is 0. The Labute approximate surface area is 205 Å². The minimum absolute atomic E-state index is 0.117. The molecular weight excluding hydrogens is 462 g/mol. The van der Waals surface area contributed by atoms with Gasteiger partial charge in [-0.2, -0.15) is 5.26 Å². The van der Waals surface area contributed by atoms with Crippen molar-refractivity contribution in [2.75, 3.05) is 41.9 Å². The van der Waals surface area contributed by atoms with Gasteiger partial charge in [0.1, 0.15) is 11.9 Å². The molecular formula is C26H25N5O3S. The van der Waals surface area contributed by atoms with E-state index in [-0.39, 0.29) is 10.8 Å². The van der Waals surface area contributed by atoms with E-state index < -0.39 is 10.0 Å².